The molecule has 1 saturated heterocycles. The summed E-state index contributed by atoms with van der Waals surface area (Å²) in [6.07, 6.45) is 5.71. The summed E-state index contributed by atoms with van der Waals surface area (Å²) in [5, 5.41) is 19.3. The van der Waals surface area contributed by atoms with E-state index in [0.717, 1.165) is 11.3 Å². The number of nitrogens with zero attached hydrogens (tertiary/aromatic N) is 1. The first kappa shape index (κ1) is 18.9. The normalized spacial score (nSPS) is 25.3. The molecule has 22 heavy (non-hydrogen) atoms. The Morgan fingerprint density at radius 1 is 1.45 bits per heavy atom. The van der Waals surface area contributed by atoms with Crippen LogP contribution in [0.25, 0.3) is 0 Å². The third-order valence-electron chi connectivity index (χ3n) is 4.01. The summed E-state index contributed by atoms with van der Waals surface area (Å²) in [5.74, 6) is 1.07. The van der Waals surface area contributed by atoms with Crippen molar-refractivity contribution in [1.29, 1.82) is 0 Å². The molecule has 5 heteroatoms. The van der Waals surface area contributed by atoms with Crippen LogP contribution in [-0.4, -0.2) is 61.9 Å². The summed E-state index contributed by atoms with van der Waals surface area (Å²) < 4.78 is 10.5. The van der Waals surface area contributed by atoms with Gasteiger partial charge in [0.05, 0.1) is 13.7 Å². The molecule has 3 atom stereocenters. The number of hydrogen-bond acceptors (Lipinski definition) is 5. The van der Waals surface area contributed by atoms with E-state index in [2.05, 4.69) is 13.5 Å². The number of likely N-dealkylation sites (tertiary alicyclic amines) is 1. The lowest BCUT2D eigenvalue weighted by Crippen LogP contribution is -2.34. The fourth-order valence-corrected chi connectivity index (χ4v) is 2.83. The van der Waals surface area contributed by atoms with E-state index in [4.69, 9.17) is 9.47 Å². The lowest BCUT2D eigenvalue weighted by atomic mass is 9.98. The van der Waals surface area contributed by atoms with Crippen molar-refractivity contribution >= 4 is 0 Å². The van der Waals surface area contributed by atoms with Crippen molar-refractivity contribution in [3.05, 3.63) is 36.1 Å². The van der Waals surface area contributed by atoms with Gasteiger partial charge in [0.2, 0.25) is 0 Å². The highest BCUT2D eigenvalue weighted by atomic mass is 16.5. The molecule has 5 nitrogen and oxygen atoms in total. The molecule has 1 aliphatic heterocycles. The largest absolute Gasteiger partial charge is 0.496 e. The minimum Gasteiger partial charge on any atom is -0.496 e. The van der Waals surface area contributed by atoms with Gasteiger partial charge in [0.15, 0.2) is 0 Å². The number of hydrogen-bond donors (Lipinski definition) is 2. The van der Waals surface area contributed by atoms with Gasteiger partial charge in [-0.15, -0.1) is 0 Å². The molecule has 1 rings (SSSR count). The van der Waals surface area contributed by atoms with Gasteiger partial charge in [-0.2, -0.15) is 0 Å². The van der Waals surface area contributed by atoms with E-state index in [1.165, 1.54) is 0 Å². The predicted molar refractivity (Wildman–Crippen MR) is 87.2 cm³/mol. The van der Waals surface area contributed by atoms with E-state index in [9.17, 15) is 10.2 Å². The summed E-state index contributed by atoms with van der Waals surface area (Å²) in [4.78, 5) is 2.00. The van der Waals surface area contributed by atoms with E-state index in [0.29, 0.717) is 26.1 Å². The molecule has 0 bridgehead atoms. The minimum absolute atomic E-state index is 0.120. The first-order valence-electron chi connectivity index (χ1n) is 7.66. The van der Waals surface area contributed by atoms with Crippen LogP contribution in [0.1, 0.15) is 13.3 Å². The van der Waals surface area contributed by atoms with Gasteiger partial charge >= 0.3 is 0 Å². The van der Waals surface area contributed by atoms with Crippen molar-refractivity contribution in [2.24, 2.45) is 11.8 Å². The Bertz CT molecular complexity index is 405. The number of rotatable bonds is 9. The molecule has 0 aromatic rings. The third kappa shape index (κ3) is 5.25. The lowest BCUT2D eigenvalue weighted by Gasteiger charge is -2.25. The van der Waals surface area contributed by atoms with E-state index < -0.39 is 6.23 Å². The summed E-state index contributed by atoms with van der Waals surface area (Å²) in [6.45, 7) is 8.02. The molecule has 1 heterocycles. The van der Waals surface area contributed by atoms with Crippen LogP contribution in [0.5, 0.6) is 0 Å². The van der Waals surface area contributed by atoms with Crippen molar-refractivity contribution in [1.82, 2.24) is 4.90 Å². The quantitative estimate of drug-likeness (QED) is 0.500. The zero-order valence-electron chi connectivity index (χ0n) is 13.9. The average molecular weight is 311 g/mol. The SMILES string of the molecule is C=C/C(=C(\C=C/COC)OC)[C@H](C)CN1CC(CO)C[C@H]1O. The fourth-order valence-electron chi connectivity index (χ4n) is 2.83. The van der Waals surface area contributed by atoms with Crippen molar-refractivity contribution in [2.45, 2.75) is 19.6 Å². The Labute approximate surface area is 133 Å². The van der Waals surface area contributed by atoms with Gasteiger partial charge in [-0.05, 0) is 29.9 Å². The number of ether oxygens (including phenoxy) is 2. The van der Waals surface area contributed by atoms with Gasteiger partial charge in [-0.25, -0.2) is 0 Å². The van der Waals surface area contributed by atoms with Crippen LogP contribution >= 0.6 is 0 Å². The maximum atomic E-state index is 10.1. The molecule has 0 radical (unpaired) electrons. The van der Waals surface area contributed by atoms with Gasteiger partial charge in [0, 0.05) is 26.8 Å². The van der Waals surface area contributed by atoms with Crippen LogP contribution in [0.15, 0.2) is 36.1 Å². The van der Waals surface area contributed by atoms with E-state index >= 15 is 0 Å². The van der Waals surface area contributed by atoms with Gasteiger partial charge < -0.3 is 19.7 Å². The molecule has 0 amide bonds. The first-order valence-corrected chi connectivity index (χ1v) is 7.66. The Hall–Kier alpha value is -1.14. The average Bonchev–Trinajstić information content (AvgIpc) is 2.86. The van der Waals surface area contributed by atoms with E-state index in [1.807, 2.05) is 17.1 Å². The second-order valence-corrected chi connectivity index (χ2v) is 5.71. The predicted octanol–water partition coefficient (Wildman–Crippen LogP) is 1.54. The van der Waals surface area contributed by atoms with Crippen LogP contribution in [-0.2, 0) is 9.47 Å². The minimum atomic E-state index is -0.485. The topological polar surface area (TPSA) is 62.2 Å². The van der Waals surface area contributed by atoms with Crippen molar-refractivity contribution < 1.29 is 19.7 Å². The standard InChI is InChI=1S/C17H29NO4/c1-5-15(16(22-4)7-6-8-21-3)13(2)10-18-11-14(12-19)9-17(18)20/h5-7,13-14,17,19-20H,1,8-12H2,2-4H3/b7-6-,16-15-/t13-,14?,17-/m1/s1. The molecule has 0 aliphatic carbocycles. The highest BCUT2D eigenvalue weighted by Crippen LogP contribution is 2.26. The molecule has 0 aromatic carbocycles. The number of allylic oxidation sites excluding steroid dienone is 2. The summed E-state index contributed by atoms with van der Waals surface area (Å²) >= 11 is 0. The molecular weight excluding hydrogens is 282 g/mol. The van der Waals surface area contributed by atoms with Crippen LogP contribution in [0.4, 0.5) is 0 Å². The van der Waals surface area contributed by atoms with Crippen LogP contribution in [0.2, 0.25) is 0 Å². The maximum Gasteiger partial charge on any atom is 0.122 e. The number of aliphatic hydroxyl groups excluding tert-OH is 2. The summed E-state index contributed by atoms with van der Waals surface area (Å²) in [7, 11) is 3.28. The van der Waals surface area contributed by atoms with Gasteiger partial charge in [0.1, 0.15) is 12.0 Å². The Morgan fingerprint density at radius 3 is 2.68 bits per heavy atom. The molecule has 0 aromatic heterocycles. The van der Waals surface area contributed by atoms with Crippen molar-refractivity contribution in [2.75, 3.05) is 40.5 Å². The number of methoxy groups -OCH3 is 2. The van der Waals surface area contributed by atoms with Gasteiger partial charge in [-0.3, -0.25) is 4.90 Å². The monoisotopic (exact) mass is 311 g/mol. The van der Waals surface area contributed by atoms with Crippen molar-refractivity contribution in [3.63, 3.8) is 0 Å². The molecule has 126 valence electrons. The summed E-state index contributed by atoms with van der Waals surface area (Å²) in [5.41, 5.74) is 0.995. The number of aliphatic hydroxyl groups is 2. The molecule has 1 unspecified atom stereocenters. The fraction of sp³-hybridized carbons (Fsp3) is 0.647. The zero-order chi connectivity index (χ0) is 16.5. The zero-order valence-corrected chi connectivity index (χ0v) is 13.9. The third-order valence-corrected chi connectivity index (χ3v) is 4.01. The van der Waals surface area contributed by atoms with Gasteiger partial charge in [-0.1, -0.05) is 25.7 Å². The van der Waals surface area contributed by atoms with E-state index in [-0.39, 0.29) is 18.4 Å². The second kappa shape index (κ2) is 9.79. The van der Waals surface area contributed by atoms with Crippen LogP contribution in [0, 0.1) is 11.8 Å². The van der Waals surface area contributed by atoms with Crippen molar-refractivity contribution in [3.8, 4) is 0 Å². The highest BCUT2D eigenvalue weighted by Gasteiger charge is 2.31. The summed E-state index contributed by atoms with van der Waals surface area (Å²) in [6, 6.07) is 0. The highest BCUT2D eigenvalue weighted by molar-refractivity contribution is 5.30. The molecule has 2 N–H and O–H groups in total. The van der Waals surface area contributed by atoms with E-state index in [1.54, 1.807) is 20.3 Å². The first-order chi connectivity index (χ1) is 10.6. The Kier molecular flexibility index (Phi) is 8.42. The Balaban J connectivity index is 2.78. The molecule has 1 aliphatic rings. The second-order valence-electron chi connectivity index (χ2n) is 5.71. The molecule has 0 spiro atoms. The Morgan fingerprint density at radius 2 is 2.18 bits per heavy atom. The lowest BCUT2D eigenvalue weighted by molar-refractivity contribution is 0.0321. The smallest absolute Gasteiger partial charge is 0.122 e. The molecule has 0 saturated carbocycles. The molecular formula is C17H29NO4. The van der Waals surface area contributed by atoms with Crippen LogP contribution < -0.4 is 0 Å². The van der Waals surface area contributed by atoms with Gasteiger partial charge in [0.25, 0.3) is 0 Å². The van der Waals surface area contributed by atoms with Crippen LogP contribution in [0.3, 0.4) is 0 Å². The maximum absolute atomic E-state index is 10.1. The molecule has 1 fully saturated rings.